The highest BCUT2D eigenvalue weighted by Crippen LogP contribution is 2.18. The molecule has 0 saturated carbocycles. The molecule has 86 valence electrons. The lowest BCUT2D eigenvalue weighted by molar-refractivity contribution is 0.372. The SMILES string of the molecule is Cc1cc(Cn2cccc3oc(=O)nc2-3)on1. The monoisotopic (exact) mass is 231 g/mol. The average Bonchev–Trinajstić information content (AvgIpc) is 2.84. The highest BCUT2D eigenvalue weighted by atomic mass is 16.5. The summed E-state index contributed by atoms with van der Waals surface area (Å²) in [5, 5.41) is 3.80. The number of nitrogens with zero attached hydrogens (tertiary/aromatic N) is 3. The maximum Gasteiger partial charge on any atom is 0.441 e. The summed E-state index contributed by atoms with van der Waals surface area (Å²) in [7, 11) is 0. The molecule has 0 saturated heterocycles. The van der Waals surface area contributed by atoms with E-state index in [9.17, 15) is 4.79 Å². The predicted octanol–water partition coefficient (Wildman–Crippen LogP) is 1.29. The maximum absolute atomic E-state index is 11.1. The molecule has 0 aromatic carbocycles. The fourth-order valence-electron chi connectivity index (χ4n) is 1.71. The van der Waals surface area contributed by atoms with Gasteiger partial charge in [0, 0.05) is 12.3 Å². The van der Waals surface area contributed by atoms with Gasteiger partial charge in [0.15, 0.2) is 17.3 Å². The van der Waals surface area contributed by atoms with Gasteiger partial charge in [-0.05, 0) is 19.1 Å². The molecule has 3 rings (SSSR count). The van der Waals surface area contributed by atoms with Gasteiger partial charge in [-0.2, -0.15) is 4.98 Å². The van der Waals surface area contributed by atoms with Crippen molar-refractivity contribution in [2.24, 2.45) is 0 Å². The molecule has 6 nitrogen and oxygen atoms in total. The van der Waals surface area contributed by atoms with Crippen molar-refractivity contribution in [1.29, 1.82) is 0 Å². The molecule has 0 aliphatic carbocycles. The number of oxazole rings is 1. The third-order valence-electron chi connectivity index (χ3n) is 2.40. The van der Waals surface area contributed by atoms with Crippen LogP contribution in [0.2, 0.25) is 0 Å². The van der Waals surface area contributed by atoms with Gasteiger partial charge < -0.3 is 13.5 Å². The van der Waals surface area contributed by atoms with E-state index in [2.05, 4.69) is 10.1 Å². The zero-order valence-electron chi connectivity index (χ0n) is 9.08. The Hall–Kier alpha value is -2.37. The molecule has 0 amide bonds. The van der Waals surface area contributed by atoms with E-state index >= 15 is 0 Å². The van der Waals surface area contributed by atoms with Gasteiger partial charge in [0.25, 0.3) is 0 Å². The lowest BCUT2D eigenvalue weighted by Crippen LogP contribution is -2.05. The molecule has 17 heavy (non-hydrogen) atoms. The molecular formula is C11H9N3O3. The average molecular weight is 231 g/mol. The van der Waals surface area contributed by atoms with Gasteiger partial charge in [0.2, 0.25) is 0 Å². The van der Waals surface area contributed by atoms with E-state index in [0.717, 1.165) is 5.69 Å². The minimum absolute atomic E-state index is 0.462. The van der Waals surface area contributed by atoms with Crippen molar-refractivity contribution in [3.05, 3.63) is 46.4 Å². The lowest BCUT2D eigenvalue weighted by Gasteiger charge is -2.06. The molecule has 0 atom stereocenters. The Labute approximate surface area is 95.8 Å². The first-order valence-electron chi connectivity index (χ1n) is 5.10. The Morgan fingerprint density at radius 1 is 1.47 bits per heavy atom. The fourth-order valence-corrected chi connectivity index (χ4v) is 1.71. The zero-order chi connectivity index (χ0) is 11.8. The van der Waals surface area contributed by atoms with E-state index in [1.807, 2.05) is 19.2 Å². The number of aryl methyl sites for hydroxylation is 1. The van der Waals surface area contributed by atoms with Crippen molar-refractivity contribution in [3.8, 4) is 11.6 Å². The molecule has 0 radical (unpaired) electrons. The second kappa shape index (κ2) is 3.58. The maximum atomic E-state index is 11.1. The van der Waals surface area contributed by atoms with Crippen LogP contribution in [-0.4, -0.2) is 14.7 Å². The summed E-state index contributed by atoms with van der Waals surface area (Å²) in [6, 6.07) is 5.33. The van der Waals surface area contributed by atoms with Crippen molar-refractivity contribution < 1.29 is 8.94 Å². The summed E-state index contributed by atoms with van der Waals surface area (Å²) in [5.74, 6) is 1.09. The smallest absolute Gasteiger partial charge is 0.405 e. The van der Waals surface area contributed by atoms with Crippen LogP contribution in [0.1, 0.15) is 11.5 Å². The third kappa shape index (κ3) is 1.73. The van der Waals surface area contributed by atoms with Crippen LogP contribution < -0.4 is 5.76 Å². The molecule has 0 spiro atoms. The Balaban J connectivity index is 2.03. The molecule has 0 N–H and O–H groups in total. The Bertz CT molecular complexity index is 679. The molecule has 6 heteroatoms. The normalized spacial score (nSPS) is 11.1. The molecular weight excluding hydrogens is 222 g/mol. The zero-order valence-corrected chi connectivity index (χ0v) is 9.08. The first kappa shape index (κ1) is 9.83. The highest BCUT2D eigenvalue weighted by molar-refractivity contribution is 5.47. The molecule has 0 unspecified atom stereocenters. The van der Waals surface area contributed by atoms with Crippen molar-refractivity contribution in [2.75, 3.05) is 0 Å². The minimum Gasteiger partial charge on any atom is -0.405 e. The van der Waals surface area contributed by atoms with Crippen molar-refractivity contribution >= 4 is 0 Å². The standard InChI is InChI=1S/C11H9N3O3/c1-7-5-8(17-13-7)6-14-4-2-3-9-10(14)12-11(15)16-9/h2-5H,6H2,1H3. The number of rotatable bonds is 2. The van der Waals surface area contributed by atoms with Crippen molar-refractivity contribution in [3.63, 3.8) is 0 Å². The highest BCUT2D eigenvalue weighted by Gasteiger charge is 2.14. The van der Waals surface area contributed by atoms with Gasteiger partial charge in [-0.1, -0.05) is 5.16 Å². The van der Waals surface area contributed by atoms with Gasteiger partial charge >= 0.3 is 5.76 Å². The molecule has 3 heterocycles. The molecule has 2 aliphatic rings. The van der Waals surface area contributed by atoms with Crippen LogP contribution in [-0.2, 0) is 6.54 Å². The Morgan fingerprint density at radius 2 is 2.35 bits per heavy atom. The van der Waals surface area contributed by atoms with Crippen LogP contribution in [0.5, 0.6) is 0 Å². The number of aromatic nitrogens is 3. The van der Waals surface area contributed by atoms with Crippen LogP contribution in [0.3, 0.4) is 0 Å². The van der Waals surface area contributed by atoms with E-state index in [4.69, 9.17) is 8.94 Å². The van der Waals surface area contributed by atoms with Crippen LogP contribution in [0.15, 0.2) is 38.1 Å². The van der Waals surface area contributed by atoms with Gasteiger partial charge in [-0.3, -0.25) is 0 Å². The van der Waals surface area contributed by atoms with Gasteiger partial charge in [0.05, 0.1) is 12.2 Å². The van der Waals surface area contributed by atoms with Crippen LogP contribution in [0, 0.1) is 6.92 Å². The molecule has 2 aliphatic heterocycles. The topological polar surface area (TPSA) is 74.1 Å². The van der Waals surface area contributed by atoms with Gasteiger partial charge in [0.1, 0.15) is 0 Å². The van der Waals surface area contributed by atoms with E-state index < -0.39 is 5.76 Å². The van der Waals surface area contributed by atoms with Gasteiger partial charge in [-0.25, -0.2) is 4.79 Å². The van der Waals surface area contributed by atoms with Crippen LogP contribution in [0.4, 0.5) is 0 Å². The fraction of sp³-hybridized carbons (Fsp3) is 0.182. The number of pyridine rings is 1. The molecule has 1 aromatic heterocycles. The molecule has 1 aromatic rings. The Kier molecular flexibility index (Phi) is 2.07. The number of hydrogen-bond donors (Lipinski definition) is 0. The van der Waals surface area contributed by atoms with E-state index in [0.29, 0.717) is 23.9 Å². The second-order valence-corrected chi connectivity index (χ2v) is 3.74. The summed E-state index contributed by atoms with van der Waals surface area (Å²) in [4.78, 5) is 14.9. The first-order chi connectivity index (χ1) is 8.22. The second-order valence-electron chi connectivity index (χ2n) is 3.74. The minimum atomic E-state index is -0.589. The van der Waals surface area contributed by atoms with Crippen LogP contribution in [0.25, 0.3) is 11.6 Å². The summed E-state index contributed by atoms with van der Waals surface area (Å²) in [6.45, 7) is 2.31. The number of hydrogen-bond acceptors (Lipinski definition) is 5. The Morgan fingerprint density at radius 3 is 3.12 bits per heavy atom. The quantitative estimate of drug-likeness (QED) is 0.664. The van der Waals surface area contributed by atoms with E-state index in [-0.39, 0.29) is 0 Å². The molecule has 0 bridgehead atoms. The number of fused-ring (bicyclic) bond motifs is 1. The largest absolute Gasteiger partial charge is 0.441 e. The first-order valence-corrected chi connectivity index (χ1v) is 5.10. The van der Waals surface area contributed by atoms with E-state index in [1.165, 1.54) is 0 Å². The van der Waals surface area contributed by atoms with Gasteiger partial charge in [-0.15, -0.1) is 0 Å². The lowest BCUT2D eigenvalue weighted by atomic mass is 10.3. The summed E-state index contributed by atoms with van der Waals surface area (Å²) < 4.78 is 11.8. The third-order valence-corrected chi connectivity index (χ3v) is 2.40. The predicted molar refractivity (Wildman–Crippen MR) is 57.7 cm³/mol. The summed E-state index contributed by atoms with van der Waals surface area (Å²) in [6.07, 6.45) is 1.81. The van der Waals surface area contributed by atoms with Crippen molar-refractivity contribution in [2.45, 2.75) is 13.5 Å². The summed E-state index contributed by atoms with van der Waals surface area (Å²) in [5.41, 5.74) is 0.817. The molecule has 0 fully saturated rings. The van der Waals surface area contributed by atoms with Crippen LogP contribution >= 0.6 is 0 Å². The van der Waals surface area contributed by atoms with E-state index in [1.54, 1.807) is 16.7 Å². The summed E-state index contributed by atoms with van der Waals surface area (Å²) >= 11 is 0. The van der Waals surface area contributed by atoms with Crippen molar-refractivity contribution in [1.82, 2.24) is 14.7 Å².